The molecule has 0 aliphatic heterocycles. The topological polar surface area (TPSA) is 17.1 Å². The van der Waals surface area contributed by atoms with Gasteiger partial charge in [-0.3, -0.25) is 0 Å². The molecule has 2 unspecified atom stereocenters. The molecule has 0 aromatic carbocycles. The number of hydrogen-bond donors (Lipinski definition) is 0. The van der Waals surface area contributed by atoms with Crippen molar-refractivity contribution in [1.29, 1.82) is 0 Å². The first-order valence-electron chi connectivity index (χ1n) is 5.47. The third-order valence-electron chi connectivity index (χ3n) is 2.76. The molecule has 0 saturated heterocycles. The molecule has 1 aliphatic rings. The van der Waals surface area contributed by atoms with Crippen molar-refractivity contribution in [2.24, 2.45) is 11.8 Å². The minimum atomic E-state index is 0.181. The van der Waals surface area contributed by atoms with E-state index in [4.69, 9.17) is 0 Å². The Hall–Kier alpha value is -0.850. The van der Waals surface area contributed by atoms with Gasteiger partial charge in [-0.15, -0.1) is 0 Å². The molecular formula is C13H20O. The maximum atomic E-state index is 10.6. The predicted octanol–water partition coefficient (Wildman–Crippen LogP) is 3.51. The summed E-state index contributed by atoms with van der Waals surface area (Å²) < 4.78 is 0. The molecule has 14 heavy (non-hydrogen) atoms. The molecule has 0 amide bonds. The third-order valence-corrected chi connectivity index (χ3v) is 2.76. The Labute approximate surface area is 86.9 Å². The Morgan fingerprint density at radius 3 is 2.93 bits per heavy atom. The van der Waals surface area contributed by atoms with E-state index < -0.39 is 0 Å². The average Bonchev–Trinajstić information content (AvgIpc) is 2.18. The van der Waals surface area contributed by atoms with Gasteiger partial charge in [-0.1, -0.05) is 23.8 Å². The van der Waals surface area contributed by atoms with Gasteiger partial charge in [-0.2, -0.15) is 0 Å². The summed E-state index contributed by atoms with van der Waals surface area (Å²) in [7, 11) is 0. The van der Waals surface area contributed by atoms with Crippen molar-refractivity contribution < 1.29 is 4.79 Å². The van der Waals surface area contributed by atoms with Gasteiger partial charge in [0.2, 0.25) is 0 Å². The monoisotopic (exact) mass is 192 g/mol. The highest BCUT2D eigenvalue weighted by Gasteiger charge is 2.16. The van der Waals surface area contributed by atoms with Crippen LogP contribution in [0.4, 0.5) is 0 Å². The Morgan fingerprint density at radius 1 is 1.50 bits per heavy atom. The van der Waals surface area contributed by atoms with E-state index in [9.17, 15) is 4.79 Å². The van der Waals surface area contributed by atoms with Crippen molar-refractivity contribution in [3.8, 4) is 0 Å². The standard InChI is InChI=1S/C13H20O/c1-11(2)5-3-6-12-7-4-8-13(9-12)10-14/h4-5,8,10,12-13H,3,6-7,9H2,1-2H3. The SMILES string of the molecule is CC(C)=CCCC1CC=CC(C=O)C1. The summed E-state index contributed by atoms with van der Waals surface area (Å²) in [5.74, 6) is 0.895. The van der Waals surface area contributed by atoms with E-state index in [0.717, 1.165) is 25.5 Å². The van der Waals surface area contributed by atoms with E-state index in [1.54, 1.807) is 0 Å². The molecule has 0 radical (unpaired) electrons. The summed E-state index contributed by atoms with van der Waals surface area (Å²) >= 11 is 0. The van der Waals surface area contributed by atoms with Crippen LogP contribution in [0.15, 0.2) is 23.8 Å². The number of rotatable bonds is 4. The molecular weight excluding hydrogens is 172 g/mol. The average molecular weight is 192 g/mol. The highest BCUT2D eigenvalue weighted by molar-refractivity contribution is 5.56. The highest BCUT2D eigenvalue weighted by atomic mass is 16.1. The van der Waals surface area contributed by atoms with Crippen LogP contribution in [0.3, 0.4) is 0 Å². The van der Waals surface area contributed by atoms with Crippen LogP contribution < -0.4 is 0 Å². The minimum absolute atomic E-state index is 0.181. The second-order valence-corrected chi connectivity index (χ2v) is 4.42. The Balaban J connectivity index is 2.29. The molecule has 1 nitrogen and oxygen atoms in total. The van der Waals surface area contributed by atoms with Gasteiger partial charge < -0.3 is 4.79 Å². The van der Waals surface area contributed by atoms with E-state index in [2.05, 4.69) is 26.0 Å². The zero-order valence-electron chi connectivity index (χ0n) is 9.20. The summed E-state index contributed by atoms with van der Waals surface area (Å²) in [6.07, 6.45) is 12.2. The van der Waals surface area contributed by atoms with Crippen LogP contribution in [0.2, 0.25) is 0 Å². The van der Waals surface area contributed by atoms with Crippen LogP contribution in [0, 0.1) is 11.8 Å². The van der Waals surface area contributed by atoms with Crippen molar-refractivity contribution >= 4 is 6.29 Å². The molecule has 0 saturated carbocycles. The van der Waals surface area contributed by atoms with Crippen LogP contribution in [0.5, 0.6) is 0 Å². The van der Waals surface area contributed by atoms with Gasteiger partial charge in [-0.25, -0.2) is 0 Å². The number of carbonyl (C=O) groups is 1. The summed E-state index contributed by atoms with van der Waals surface area (Å²) in [6.45, 7) is 4.27. The van der Waals surface area contributed by atoms with Crippen LogP contribution in [-0.2, 0) is 4.79 Å². The van der Waals surface area contributed by atoms with Gasteiger partial charge in [0.1, 0.15) is 6.29 Å². The lowest BCUT2D eigenvalue weighted by Gasteiger charge is -2.20. The van der Waals surface area contributed by atoms with Gasteiger partial charge in [0.05, 0.1) is 0 Å². The lowest BCUT2D eigenvalue weighted by atomic mass is 9.84. The van der Waals surface area contributed by atoms with Gasteiger partial charge in [0, 0.05) is 5.92 Å². The largest absolute Gasteiger partial charge is 0.303 e. The molecule has 0 spiro atoms. The Bertz CT molecular complexity index is 234. The molecule has 0 N–H and O–H groups in total. The molecule has 2 atom stereocenters. The van der Waals surface area contributed by atoms with Crippen LogP contribution in [0.1, 0.15) is 39.5 Å². The van der Waals surface area contributed by atoms with Crippen molar-refractivity contribution in [3.05, 3.63) is 23.8 Å². The highest BCUT2D eigenvalue weighted by Crippen LogP contribution is 2.26. The smallest absolute Gasteiger partial charge is 0.126 e. The van der Waals surface area contributed by atoms with Gasteiger partial charge in [-0.05, 0) is 45.4 Å². The Morgan fingerprint density at radius 2 is 2.29 bits per heavy atom. The quantitative estimate of drug-likeness (QED) is 0.492. The Kier molecular flexibility index (Phi) is 4.64. The third kappa shape index (κ3) is 3.91. The zero-order valence-corrected chi connectivity index (χ0v) is 9.20. The number of allylic oxidation sites excluding steroid dienone is 4. The van der Waals surface area contributed by atoms with E-state index in [1.165, 1.54) is 12.0 Å². The van der Waals surface area contributed by atoms with Gasteiger partial charge in [0.15, 0.2) is 0 Å². The first kappa shape index (κ1) is 11.2. The lowest BCUT2D eigenvalue weighted by molar-refractivity contribution is -0.110. The molecule has 1 rings (SSSR count). The van der Waals surface area contributed by atoms with E-state index in [0.29, 0.717) is 5.92 Å². The first-order valence-corrected chi connectivity index (χ1v) is 5.47. The van der Waals surface area contributed by atoms with Crippen molar-refractivity contribution in [3.63, 3.8) is 0 Å². The molecule has 0 bridgehead atoms. The van der Waals surface area contributed by atoms with Crippen LogP contribution in [0.25, 0.3) is 0 Å². The zero-order chi connectivity index (χ0) is 10.4. The van der Waals surface area contributed by atoms with E-state index >= 15 is 0 Å². The fraction of sp³-hybridized carbons (Fsp3) is 0.615. The molecule has 0 heterocycles. The van der Waals surface area contributed by atoms with Crippen LogP contribution in [-0.4, -0.2) is 6.29 Å². The molecule has 1 heteroatoms. The predicted molar refractivity (Wildman–Crippen MR) is 60.1 cm³/mol. The number of carbonyl (C=O) groups excluding carboxylic acids is 1. The maximum absolute atomic E-state index is 10.6. The van der Waals surface area contributed by atoms with Crippen LogP contribution >= 0.6 is 0 Å². The van der Waals surface area contributed by atoms with Crippen molar-refractivity contribution in [2.75, 3.05) is 0 Å². The second-order valence-electron chi connectivity index (χ2n) is 4.42. The number of aldehydes is 1. The minimum Gasteiger partial charge on any atom is -0.303 e. The fourth-order valence-corrected chi connectivity index (χ4v) is 1.95. The fourth-order valence-electron chi connectivity index (χ4n) is 1.95. The molecule has 1 aliphatic carbocycles. The van der Waals surface area contributed by atoms with Crippen molar-refractivity contribution in [1.82, 2.24) is 0 Å². The summed E-state index contributed by atoms with van der Waals surface area (Å²) in [5, 5.41) is 0. The molecule has 0 aromatic rings. The summed E-state index contributed by atoms with van der Waals surface area (Å²) in [6, 6.07) is 0. The second kappa shape index (κ2) is 5.79. The van der Waals surface area contributed by atoms with E-state index in [1.807, 2.05) is 6.08 Å². The lowest BCUT2D eigenvalue weighted by Crippen LogP contribution is -2.11. The van der Waals surface area contributed by atoms with Gasteiger partial charge >= 0.3 is 0 Å². The van der Waals surface area contributed by atoms with E-state index in [-0.39, 0.29) is 5.92 Å². The maximum Gasteiger partial charge on any atom is 0.126 e. The van der Waals surface area contributed by atoms with Crippen molar-refractivity contribution in [2.45, 2.75) is 39.5 Å². The normalized spacial score (nSPS) is 25.9. The summed E-state index contributed by atoms with van der Waals surface area (Å²) in [5.41, 5.74) is 1.39. The number of hydrogen-bond acceptors (Lipinski definition) is 1. The first-order chi connectivity index (χ1) is 6.72. The summed E-state index contributed by atoms with van der Waals surface area (Å²) in [4.78, 5) is 10.6. The molecule has 0 aromatic heterocycles. The molecule has 78 valence electrons. The molecule has 0 fully saturated rings. The van der Waals surface area contributed by atoms with Gasteiger partial charge in [0.25, 0.3) is 0 Å².